The van der Waals surface area contributed by atoms with Gasteiger partial charge in [0.25, 0.3) is 0 Å². The van der Waals surface area contributed by atoms with Gasteiger partial charge in [-0.25, -0.2) is 0 Å². The maximum absolute atomic E-state index is 10.3. The van der Waals surface area contributed by atoms with Crippen LogP contribution in [0.3, 0.4) is 0 Å². The summed E-state index contributed by atoms with van der Waals surface area (Å²) in [5.41, 5.74) is 1.83. The number of aliphatic hydroxyl groups excluding tert-OH is 1. The van der Waals surface area contributed by atoms with Gasteiger partial charge in [-0.2, -0.15) is 5.10 Å². The van der Waals surface area contributed by atoms with Gasteiger partial charge in [0.1, 0.15) is 0 Å². The molecule has 0 bridgehead atoms. The van der Waals surface area contributed by atoms with Crippen LogP contribution < -0.4 is 9.47 Å². The van der Waals surface area contributed by atoms with Crippen LogP contribution in [0, 0.1) is 0 Å². The van der Waals surface area contributed by atoms with Gasteiger partial charge in [-0.1, -0.05) is 11.6 Å². The van der Waals surface area contributed by atoms with Crippen LogP contribution in [0.2, 0.25) is 5.02 Å². The summed E-state index contributed by atoms with van der Waals surface area (Å²) >= 11 is 6.11. The molecule has 0 fully saturated rings. The lowest BCUT2D eigenvalue weighted by molar-refractivity contribution is 0.165. The predicted octanol–water partition coefficient (Wildman–Crippen LogP) is 2.47. The lowest BCUT2D eigenvalue weighted by Gasteiger charge is -2.12. The molecule has 0 spiro atoms. The molecule has 0 radical (unpaired) electrons. The molecule has 1 aromatic heterocycles. The number of halogens is 1. The molecule has 6 heteroatoms. The van der Waals surface area contributed by atoms with Crippen molar-refractivity contribution in [3.8, 4) is 11.5 Å². The van der Waals surface area contributed by atoms with E-state index in [4.69, 9.17) is 21.1 Å². The van der Waals surface area contributed by atoms with Crippen LogP contribution in [-0.2, 0) is 13.5 Å². The van der Waals surface area contributed by atoms with Crippen molar-refractivity contribution in [2.45, 2.75) is 18.9 Å². The quantitative estimate of drug-likeness (QED) is 0.941. The number of fused-ring (bicyclic) bond motifs is 1. The van der Waals surface area contributed by atoms with E-state index < -0.39 is 6.10 Å². The number of aliphatic hydroxyl groups is 1. The van der Waals surface area contributed by atoms with Gasteiger partial charge >= 0.3 is 0 Å². The number of aromatic nitrogens is 2. The van der Waals surface area contributed by atoms with Crippen molar-refractivity contribution >= 4 is 11.6 Å². The highest BCUT2D eigenvalue weighted by atomic mass is 35.5. The highest BCUT2D eigenvalue weighted by Gasteiger charge is 2.20. The van der Waals surface area contributed by atoms with Crippen molar-refractivity contribution in [2.24, 2.45) is 7.05 Å². The van der Waals surface area contributed by atoms with Crippen molar-refractivity contribution in [3.63, 3.8) is 0 Å². The molecule has 2 heterocycles. The molecule has 1 atom stereocenters. The molecule has 0 saturated carbocycles. The van der Waals surface area contributed by atoms with E-state index in [-0.39, 0.29) is 6.79 Å². The first-order chi connectivity index (χ1) is 9.63. The van der Waals surface area contributed by atoms with Crippen molar-refractivity contribution in [1.29, 1.82) is 0 Å². The van der Waals surface area contributed by atoms with Gasteiger partial charge in [-0.3, -0.25) is 4.68 Å². The van der Waals surface area contributed by atoms with Gasteiger partial charge in [-0.15, -0.1) is 0 Å². The number of hydrogen-bond donors (Lipinski definition) is 1. The zero-order chi connectivity index (χ0) is 14.1. The third kappa shape index (κ3) is 2.59. The number of benzene rings is 1. The molecule has 20 heavy (non-hydrogen) atoms. The third-order valence-corrected chi connectivity index (χ3v) is 3.58. The molecular weight excluding hydrogens is 280 g/mol. The van der Waals surface area contributed by atoms with Crippen molar-refractivity contribution in [2.75, 3.05) is 6.79 Å². The van der Waals surface area contributed by atoms with E-state index in [1.54, 1.807) is 23.0 Å². The van der Waals surface area contributed by atoms with Gasteiger partial charge in [0.15, 0.2) is 11.5 Å². The number of hydrogen-bond acceptors (Lipinski definition) is 4. The van der Waals surface area contributed by atoms with Gasteiger partial charge in [0.05, 0.1) is 17.3 Å². The normalized spacial score (nSPS) is 14.6. The van der Waals surface area contributed by atoms with E-state index in [9.17, 15) is 5.11 Å². The largest absolute Gasteiger partial charge is 0.454 e. The molecule has 1 unspecified atom stereocenters. The Morgan fingerprint density at radius 1 is 1.45 bits per heavy atom. The molecule has 1 aromatic carbocycles. The topological polar surface area (TPSA) is 56.5 Å². The van der Waals surface area contributed by atoms with E-state index >= 15 is 0 Å². The first-order valence-corrected chi connectivity index (χ1v) is 6.76. The summed E-state index contributed by atoms with van der Waals surface area (Å²) in [6, 6.07) is 3.51. The first kappa shape index (κ1) is 13.3. The Morgan fingerprint density at radius 3 is 3.05 bits per heavy atom. The Morgan fingerprint density at radius 2 is 2.30 bits per heavy atom. The summed E-state index contributed by atoms with van der Waals surface area (Å²) in [5.74, 6) is 1.14. The molecule has 1 N–H and O–H groups in total. The lowest BCUT2D eigenvalue weighted by atomic mass is 10.0. The minimum absolute atomic E-state index is 0.171. The smallest absolute Gasteiger partial charge is 0.231 e. The zero-order valence-electron chi connectivity index (χ0n) is 11.0. The maximum Gasteiger partial charge on any atom is 0.231 e. The fraction of sp³-hybridized carbons (Fsp3) is 0.357. The molecule has 0 saturated heterocycles. The summed E-state index contributed by atoms with van der Waals surface area (Å²) in [6.07, 6.45) is 4.50. The Balaban J connectivity index is 1.71. The van der Waals surface area contributed by atoms with E-state index in [0.29, 0.717) is 22.9 Å². The summed E-state index contributed by atoms with van der Waals surface area (Å²) in [4.78, 5) is 0. The standard InChI is InChI=1S/C14H15ClN2O3/c1-17-7-9(6-16-17)2-3-12(18)10-4-11(15)14-13(5-10)19-8-20-14/h4-7,12,18H,2-3,8H2,1H3. The molecule has 2 aromatic rings. The van der Waals surface area contributed by atoms with E-state index in [1.807, 2.05) is 13.2 Å². The number of nitrogens with zero attached hydrogens (tertiary/aromatic N) is 2. The Labute approximate surface area is 121 Å². The highest BCUT2D eigenvalue weighted by molar-refractivity contribution is 6.32. The van der Waals surface area contributed by atoms with Crippen LogP contribution in [-0.4, -0.2) is 21.7 Å². The first-order valence-electron chi connectivity index (χ1n) is 6.38. The summed E-state index contributed by atoms with van der Waals surface area (Å²) in [6.45, 7) is 0.171. The maximum atomic E-state index is 10.3. The van der Waals surface area contributed by atoms with Gasteiger partial charge in [0, 0.05) is 13.2 Å². The summed E-state index contributed by atoms with van der Waals surface area (Å²) in [5, 5.41) is 14.8. The van der Waals surface area contributed by atoms with Crippen LogP contribution >= 0.6 is 11.6 Å². The molecule has 0 aliphatic carbocycles. The minimum atomic E-state index is -0.595. The third-order valence-electron chi connectivity index (χ3n) is 3.30. The highest BCUT2D eigenvalue weighted by Crippen LogP contribution is 2.41. The Hall–Kier alpha value is -1.72. The summed E-state index contributed by atoms with van der Waals surface area (Å²) in [7, 11) is 1.87. The second-order valence-corrected chi connectivity index (χ2v) is 5.22. The minimum Gasteiger partial charge on any atom is -0.454 e. The van der Waals surface area contributed by atoms with E-state index in [1.165, 1.54) is 0 Å². The second-order valence-electron chi connectivity index (χ2n) is 4.81. The summed E-state index contributed by atoms with van der Waals surface area (Å²) < 4.78 is 12.3. The van der Waals surface area contributed by atoms with Crippen LogP contribution in [0.5, 0.6) is 11.5 Å². The number of aryl methyl sites for hydroxylation is 2. The molecular formula is C14H15ClN2O3. The van der Waals surface area contributed by atoms with Gasteiger partial charge in [-0.05, 0) is 36.1 Å². The van der Waals surface area contributed by atoms with Crippen LogP contribution in [0.1, 0.15) is 23.7 Å². The Bertz CT molecular complexity index is 627. The van der Waals surface area contributed by atoms with Gasteiger partial charge in [0.2, 0.25) is 6.79 Å². The molecule has 106 valence electrons. The van der Waals surface area contributed by atoms with Crippen molar-refractivity contribution < 1.29 is 14.6 Å². The Kier molecular flexibility index (Phi) is 3.54. The van der Waals surface area contributed by atoms with Gasteiger partial charge < -0.3 is 14.6 Å². The number of ether oxygens (including phenoxy) is 2. The van der Waals surface area contributed by atoms with E-state index in [0.717, 1.165) is 17.5 Å². The predicted molar refractivity (Wildman–Crippen MR) is 74.1 cm³/mol. The fourth-order valence-electron chi connectivity index (χ4n) is 2.25. The van der Waals surface area contributed by atoms with Crippen LogP contribution in [0.4, 0.5) is 0 Å². The van der Waals surface area contributed by atoms with Crippen molar-refractivity contribution in [1.82, 2.24) is 9.78 Å². The molecule has 0 amide bonds. The average Bonchev–Trinajstić information content (AvgIpc) is 3.04. The van der Waals surface area contributed by atoms with Crippen LogP contribution in [0.25, 0.3) is 0 Å². The second kappa shape index (κ2) is 5.34. The fourth-order valence-corrected chi connectivity index (χ4v) is 2.52. The van der Waals surface area contributed by atoms with Crippen molar-refractivity contribution in [3.05, 3.63) is 40.7 Å². The SMILES string of the molecule is Cn1cc(CCC(O)c2cc(Cl)c3c(c2)OCO3)cn1. The molecule has 1 aliphatic rings. The lowest BCUT2D eigenvalue weighted by Crippen LogP contribution is -1.99. The molecule has 5 nitrogen and oxygen atoms in total. The molecule has 3 rings (SSSR count). The zero-order valence-corrected chi connectivity index (χ0v) is 11.8. The average molecular weight is 295 g/mol. The molecule has 1 aliphatic heterocycles. The monoisotopic (exact) mass is 294 g/mol. The van der Waals surface area contributed by atoms with Crippen LogP contribution in [0.15, 0.2) is 24.5 Å². The number of rotatable bonds is 4. The van der Waals surface area contributed by atoms with E-state index in [2.05, 4.69) is 5.10 Å².